The first kappa shape index (κ1) is 50.0. The monoisotopic (exact) mass is 972 g/mol. The zero-order valence-corrected chi connectivity index (χ0v) is 37.9. The topological polar surface area (TPSA) is 271 Å². The van der Waals surface area contributed by atoms with Crippen LogP contribution in [0.4, 0.5) is 30.2 Å². The van der Waals surface area contributed by atoms with Gasteiger partial charge in [0.15, 0.2) is 17.4 Å². The molecule has 0 bridgehead atoms. The average Bonchev–Trinajstić information content (AvgIpc) is 4.19. The zero-order valence-electron chi connectivity index (χ0n) is 37.9. The smallest absolute Gasteiger partial charge is 0.442 e. The van der Waals surface area contributed by atoms with E-state index in [0.717, 1.165) is 12.1 Å². The van der Waals surface area contributed by atoms with E-state index in [-0.39, 0.29) is 66.4 Å². The molecule has 0 unspecified atom stereocenters. The summed E-state index contributed by atoms with van der Waals surface area (Å²) in [4.78, 5) is 66.4. The van der Waals surface area contributed by atoms with Crippen molar-refractivity contribution >= 4 is 40.6 Å². The van der Waals surface area contributed by atoms with E-state index in [1.165, 1.54) is 58.3 Å². The number of hydrogen-bond acceptors (Lipinski definition) is 16. The largest absolute Gasteiger partial charge is 0.504 e. The number of phenols is 2. The number of unbranched alkanes of at least 4 members (excludes halogenated alkanes) is 2. The van der Waals surface area contributed by atoms with Gasteiger partial charge < -0.3 is 25.3 Å². The number of nitrogens with one attached hydrogen (secondary N) is 1. The molecule has 0 aliphatic carbocycles. The van der Waals surface area contributed by atoms with Crippen molar-refractivity contribution in [2.75, 3.05) is 20.1 Å². The van der Waals surface area contributed by atoms with E-state index in [4.69, 9.17) is 0 Å². The average molecular weight is 973 g/mol. The Morgan fingerprint density at radius 1 is 0.746 bits per heavy atom. The molecule has 364 valence electrons. The summed E-state index contributed by atoms with van der Waals surface area (Å²) in [5.74, 6) is -2.61. The van der Waals surface area contributed by atoms with Gasteiger partial charge in [0, 0.05) is 67.0 Å². The number of alkyl halides is 3. The maximum Gasteiger partial charge on any atom is 0.442 e. The van der Waals surface area contributed by atoms with Gasteiger partial charge in [-0.3, -0.25) is 29.3 Å². The fourth-order valence-electron chi connectivity index (χ4n) is 7.14. The van der Waals surface area contributed by atoms with Gasteiger partial charge in [-0.15, -0.1) is 30.6 Å². The van der Waals surface area contributed by atoms with Crippen molar-refractivity contribution in [2.24, 2.45) is 20.5 Å². The number of carbonyl (C=O) groups is 4. The van der Waals surface area contributed by atoms with Crippen molar-refractivity contribution in [1.82, 2.24) is 35.5 Å². The molecule has 7 rings (SSSR count). The van der Waals surface area contributed by atoms with E-state index in [1.807, 2.05) is 0 Å². The van der Waals surface area contributed by atoms with E-state index in [1.54, 1.807) is 62.5 Å². The highest BCUT2D eigenvalue weighted by Gasteiger charge is 2.65. The number of nitrogens with zero attached hydrogens (tertiary/aromatic N) is 11. The van der Waals surface area contributed by atoms with Gasteiger partial charge in [0.1, 0.15) is 6.54 Å². The first-order chi connectivity index (χ1) is 33.9. The Labute approximate surface area is 402 Å². The zero-order chi connectivity index (χ0) is 50.9. The molecule has 1 aliphatic heterocycles. The Bertz CT molecular complexity index is 2990. The molecule has 6 aromatic rings. The molecule has 1 aliphatic rings. The molecular formula is C48H43F3N12O8. The summed E-state index contributed by atoms with van der Waals surface area (Å²) in [6, 6.07) is 26.5. The maximum absolute atomic E-state index is 14.0. The van der Waals surface area contributed by atoms with Crippen molar-refractivity contribution in [2.45, 2.75) is 57.5 Å². The number of rotatable bonds is 20. The molecule has 71 heavy (non-hydrogen) atoms. The number of aromatic nitrogens is 4. The normalized spacial score (nSPS) is 12.6. The van der Waals surface area contributed by atoms with Gasteiger partial charge in [-0.05, 0) is 73.4 Å². The molecule has 1 aromatic heterocycles. The number of amides is 3. The number of benzene rings is 5. The molecule has 5 aromatic carbocycles. The van der Waals surface area contributed by atoms with E-state index < -0.39 is 51.5 Å². The number of aryl methyl sites for hydroxylation is 1. The Hall–Kier alpha value is -8.89. The first-order valence-electron chi connectivity index (χ1n) is 21.8. The number of nitro groups is 1. The van der Waals surface area contributed by atoms with E-state index in [0.29, 0.717) is 53.3 Å². The standard InChI is InChI=1S/C48H43F3N12O8/c1-29-53-57-45(58-54-29)33-13-9-31(10-14-33)27-62(46(69)34-15-19-37(20-16-34)55-56-38-21-17-36(18-22-38)47(59-60-47)48(49,50)51)28-41(65)52-23-5-3-4-6-42(66)61(2)26-30-7-11-32(12-8-30)43(67)35-24-39(63(70)71)44(68)40(64)25-35/h7-22,24-25,64,68H,3-6,23,26-28H2,1-2H3,(H,52,65). The molecule has 0 atom stereocenters. The van der Waals surface area contributed by atoms with Crippen LogP contribution < -0.4 is 5.32 Å². The van der Waals surface area contributed by atoms with Gasteiger partial charge >= 0.3 is 17.5 Å². The van der Waals surface area contributed by atoms with Gasteiger partial charge in [-0.25, -0.2) is 0 Å². The number of hydrogen-bond donors (Lipinski definition) is 3. The molecule has 3 N–H and O–H groups in total. The Balaban J connectivity index is 0.897. The lowest BCUT2D eigenvalue weighted by molar-refractivity contribution is -0.386. The first-order valence-corrected chi connectivity index (χ1v) is 21.8. The minimum Gasteiger partial charge on any atom is -0.504 e. The number of azo groups is 1. The van der Waals surface area contributed by atoms with Crippen LogP contribution in [-0.4, -0.2) is 95.1 Å². The summed E-state index contributed by atoms with van der Waals surface area (Å²) in [6.07, 6.45) is -2.71. The fraction of sp³-hybridized carbons (Fsp3) is 0.250. The van der Waals surface area contributed by atoms with Crippen molar-refractivity contribution in [3.8, 4) is 22.9 Å². The van der Waals surface area contributed by atoms with Crippen molar-refractivity contribution in [1.29, 1.82) is 0 Å². The van der Waals surface area contributed by atoms with E-state index >= 15 is 0 Å². The third kappa shape index (κ3) is 12.4. The van der Waals surface area contributed by atoms with Crippen LogP contribution in [0.15, 0.2) is 130 Å². The van der Waals surface area contributed by atoms with Crippen molar-refractivity contribution < 1.29 is 47.5 Å². The predicted molar refractivity (Wildman–Crippen MR) is 246 cm³/mol. The summed E-state index contributed by atoms with van der Waals surface area (Å²) in [6.45, 7) is 1.96. The number of ketones is 1. The Morgan fingerprint density at radius 2 is 1.32 bits per heavy atom. The van der Waals surface area contributed by atoms with Gasteiger partial charge in [-0.1, -0.05) is 67.1 Å². The van der Waals surface area contributed by atoms with Crippen LogP contribution in [-0.2, 0) is 28.3 Å². The minimum atomic E-state index is -4.66. The summed E-state index contributed by atoms with van der Waals surface area (Å²) in [5.41, 5.74) is -0.537. The van der Waals surface area contributed by atoms with Crippen molar-refractivity contribution in [3.63, 3.8) is 0 Å². The molecule has 23 heteroatoms. The van der Waals surface area contributed by atoms with Crippen molar-refractivity contribution in [3.05, 3.63) is 159 Å². The van der Waals surface area contributed by atoms with Crippen LogP contribution in [0, 0.1) is 17.0 Å². The number of halogens is 3. The Morgan fingerprint density at radius 3 is 1.92 bits per heavy atom. The molecule has 0 radical (unpaired) electrons. The summed E-state index contributed by atoms with van der Waals surface area (Å²) >= 11 is 0. The third-order valence-electron chi connectivity index (χ3n) is 11.1. The van der Waals surface area contributed by atoms with Crippen LogP contribution in [0.2, 0.25) is 0 Å². The summed E-state index contributed by atoms with van der Waals surface area (Å²) in [7, 11) is 1.64. The van der Waals surface area contributed by atoms with E-state index in [9.17, 15) is 52.7 Å². The van der Waals surface area contributed by atoms with Gasteiger partial charge in [-0.2, -0.15) is 23.4 Å². The molecule has 20 nitrogen and oxygen atoms in total. The molecular weight excluding hydrogens is 930 g/mol. The van der Waals surface area contributed by atoms with Gasteiger partial charge in [0.05, 0.1) is 16.3 Å². The highest BCUT2D eigenvalue weighted by atomic mass is 19.4. The fourth-order valence-corrected chi connectivity index (χ4v) is 7.14. The lowest BCUT2D eigenvalue weighted by Crippen LogP contribution is -2.40. The van der Waals surface area contributed by atoms with E-state index in [2.05, 4.69) is 46.2 Å². The van der Waals surface area contributed by atoms with Crippen LogP contribution >= 0.6 is 0 Å². The Kier molecular flexibility index (Phi) is 15.2. The van der Waals surface area contributed by atoms with Crippen LogP contribution in [0.3, 0.4) is 0 Å². The number of carbonyl (C=O) groups excluding carboxylic acids is 4. The third-order valence-corrected chi connectivity index (χ3v) is 11.1. The van der Waals surface area contributed by atoms with Crippen LogP contribution in [0.1, 0.15) is 74.5 Å². The minimum absolute atomic E-state index is 0.0568. The second-order valence-corrected chi connectivity index (χ2v) is 16.3. The summed E-state index contributed by atoms with van der Waals surface area (Å²) < 4.78 is 40.1. The predicted octanol–water partition coefficient (Wildman–Crippen LogP) is 8.37. The molecule has 0 fully saturated rings. The number of aromatic hydroxyl groups is 2. The SMILES string of the molecule is Cc1nnc(-c2ccc(CN(CC(=O)NCCCCCC(=O)N(C)Cc3ccc(C(=O)c4cc(O)c(O)c([N+](=O)[O-])c4)cc3)C(=O)c3ccc(N=Nc4ccc(C5(C(F)(F)F)N=N5)cc4)cc3)cc2)nn1. The second-order valence-electron chi connectivity index (χ2n) is 16.3. The van der Waals surface area contributed by atoms with Gasteiger partial charge in [0.2, 0.25) is 23.4 Å². The lowest BCUT2D eigenvalue weighted by Gasteiger charge is -2.23. The molecule has 3 amide bonds. The molecule has 0 saturated carbocycles. The second kappa shape index (κ2) is 21.6. The molecule has 0 spiro atoms. The number of phenolic OH excluding ortho intramolecular Hbond substituents is 2. The number of nitro benzene ring substituents is 1. The maximum atomic E-state index is 14.0. The molecule has 0 saturated heterocycles. The molecule has 2 heterocycles. The summed E-state index contributed by atoms with van der Waals surface area (Å²) in [5, 5.41) is 64.3. The van der Waals surface area contributed by atoms with Gasteiger partial charge in [0.25, 0.3) is 5.91 Å². The van der Waals surface area contributed by atoms with Crippen LogP contribution in [0.5, 0.6) is 11.5 Å². The quantitative estimate of drug-likeness (QED) is 0.0163. The van der Waals surface area contributed by atoms with Crippen LogP contribution in [0.25, 0.3) is 11.4 Å². The highest BCUT2D eigenvalue weighted by Crippen LogP contribution is 2.52. The highest BCUT2D eigenvalue weighted by molar-refractivity contribution is 6.09. The lowest BCUT2D eigenvalue weighted by atomic mass is 10.0.